The molecule has 1 amide bonds. The summed E-state index contributed by atoms with van der Waals surface area (Å²) in [6, 6.07) is 0.323. The standard InChI is InChI=1S/C18H23N3O2S/c1-2-12-6-3-4-9-21(12)15(22)10-20-11-19-17-16(18(20)23)13-7-5-8-14(13)24-17/h11-12H,2-10H2,1H3/t12-/m1/s1. The quantitative estimate of drug-likeness (QED) is 0.859. The Bertz CT molecular complexity index is 839. The third-order valence-corrected chi connectivity index (χ3v) is 6.62. The fourth-order valence-electron chi connectivity index (χ4n) is 4.12. The molecule has 6 heteroatoms. The van der Waals surface area contributed by atoms with Crippen LogP contribution in [0.5, 0.6) is 0 Å². The summed E-state index contributed by atoms with van der Waals surface area (Å²) in [4.78, 5) is 34.2. The summed E-state index contributed by atoms with van der Waals surface area (Å²) in [5.41, 5.74) is 1.14. The molecule has 128 valence electrons. The van der Waals surface area contributed by atoms with Crippen molar-refractivity contribution in [2.24, 2.45) is 0 Å². The van der Waals surface area contributed by atoms with Crippen molar-refractivity contribution in [3.8, 4) is 0 Å². The number of hydrogen-bond donors (Lipinski definition) is 0. The van der Waals surface area contributed by atoms with Crippen LogP contribution in [0.3, 0.4) is 0 Å². The van der Waals surface area contributed by atoms with Crippen LogP contribution in [0, 0.1) is 0 Å². The van der Waals surface area contributed by atoms with Crippen LogP contribution < -0.4 is 5.56 Å². The number of rotatable bonds is 3. The van der Waals surface area contributed by atoms with Gasteiger partial charge in [-0.1, -0.05) is 6.92 Å². The summed E-state index contributed by atoms with van der Waals surface area (Å²) in [6.07, 6.45) is 9.01. The van der Waals surface area contributed by atoms with Crippen LogP contribution in [-0.2, 0) is 24.2 Å². The van der Waals surface area contributed by atoms with Crippen molar-refractivity contribution in [3.05, 3.63) is 27.1 Å². The largest absolute Gasteiger partial charge is 0.338 e. The van der Waals surface area contributed by atoms with Crippen LogP contribution in [-0.4, -0.2) is 32.9 Å². The summed E-state index contributed by atoms with van der Waals surface area (Å²) in [5, 5.41) is 0.758. The lowest BCUT2D eigenvalue weighted by Gasteiger charge is -2.35. The van der Waals surface area contributed by atoms with Gasteiger partial charge in [-0.3, -0.25) is 14.2 Å². The van der Waals surface area contributed by atoms with Crippen molar-refractivity contribution in [2.75, 3.05) is 6.54 Å². The molecule has 1 atom stereocenters. The van der Waals surface area contributed by atoms with Gasteiger partial charge in [0.25, 0.3) is 5.56 Å². The maximum absolute atomic E-state index is 12.9. The maximum Gasteiger partial charge on any atom is 0.262 e. The van der Waals surface area contributed by atoms with Crippen LogP contribution >= 0.6 is 11.3 Å². The number of aryl methyl sites for hydroxylation is 2. The van der Waals surface area contributed by atoms with Gasteiger partial charge in [-0.2, -0.15) is 0 Å². The topological polar surface area (TPSA) is 55.2 Å². The lowest BCUT2D eigenvalue weighted by molar-refractivity contribution is -0.135. The number of piperidine rings is 1. The lowest BCUT2D eigenvalue weighted by Crippen LogP contribution is -2.45. The summed E-state index contributed by atoms with van der Waals surface area (Å²) >= 11 is 1.64. The highest BCUT2D eigenvalue weighted by Gasteiger charge is 2.26. The van der Waals surface area contributed by atoms with E-state index in [0.29, 0.717) is 6.04 Å². The van der Waals surface area contributed by atoms with Gasteiger partial charge in [0.05, 0.1) is 11.7 Å². The molecule has 1 aliphatic carbocycles. The smallest absolute Gasteiger partial charge is 0.262 e. The van der Waals surface area contributed by atoms with Crippen molar-refractivity contribution in [3.63, 3.8) is 0 Å². The molecule has 1 aliphatic heterocycles. The Balaban J connectivity index is 1.64. The van der Waals surface area contributed by atoms with Crippen molar-refractivity contribution in [1.82, 2.24) is 14.5 Å². The summed E-state index contributed by atoms with van der Waals surface area (Å²) in [6.45, 7) is 3.06. The summed E-state index contributed by atoms with van der Waals surface area (Å²) < 4.78 is 1.51. The van der Waals surface area contributed by atoms with Crippen LogP contribution in [0.2, 0.25) is 0 Å². The molecular weight excluding hydrogens is 322 g/mol. The number of carbonyl (C=O) groups excluding carboxylic acids is 1. The number of fused-ring (bicyclic) bond motifs is 3. The van der Waals surface area contributed by atoms with E-state index in [0.717, 1.165) is 55.3 Å². The van der Waals surface area contributed by atoms with Gasteiger partial charge in [0, 0.05) is 17.5 Å². The van der Waals surface area contributed by atoms with Gasteiger partial charge in [0.1, 0.15) is 11.4 Å². The molecule has 1 fully saturated rings. The molecule has 4 rings (SSSR count). The SMILES string of the molecule is CC[C@@H]1CCCCN1C(=O)Cn1cnc2sc3c(c2c1=O)CCC3. The second-order valence-electron chi connectivity index (χ2n) is 6.86. The van der Waals surface area contributed by atoms with Crippen LogP contribution in [0.4, 0.5) is 0 Å². The lowest BCUT2D eigenvalue weighted by atomic mass is 10.00. The van der Waals surface area contributed by atoms with Gasteiger partial charge in [-0.25, -0.2) is 4.98 Å². The predicted molar refractivity (Wildman–Crippen MR) is 95.5 cm³/mol. The molecular formula is C18H23N3O2S. The molecule has 2 aromatic heterocycles. The number of amides is 1. The van der Waals surface area contributed by atoms with Crippen molar-refractivity contribution >= 4 is 27.5 Å². The number of aromatic nitrogens is 2. The Morgan fingerprint density at radius 3 is 3.04 bits per heavy atom. The van der Waals surface area contributed by atoms with Gasteiger partial charge in [-0.05, 0) is 50.5 Å². The number of nitrogens with zero attached hydrogens (tertiary/aromatic N) is 3. The van der Waals surface area contributed by atoms with Gasteiger partial charge in [0.2, 0.25) is 5.91 Å². The first-order valence-electron chi connectivity index (χ1n) is 8.98. The number of hydrogen-bond acceptors (Lipinski definition) is 4. The molecule has 1 saturated heterocycles. The van der Waals surface area contributed by atoms with Gasteiger partial charge in [-0.15, -0.1) is 11.3 Å². The minimum Gasteiger partial charge on any atom is -0.338 e. The van der Waals surface area contributed by atoms with E-state index in [9.17, 15) is 9.59 Å². The van der Waals surface area contributed by atoms with Crippen molar-refractivity contribution in [1.29, 1.82) is 0 Å². The minimum absolute atomic E-state index is 0.0437. The molecule has 0 saturated carbocycles. The minimum atomic E-state index is -0.0437. The maximum atomic E-state index is 12.9. The second kappa shape index (κ2) is 6.31. The highest BCUT2D eigenvalue weighted by molar-refractivity contribution is 7.18. The molecule has 2 aliphatic rings. The highest BCUT2D eigenvalue weighted by atomic mass is 32.1. The Kier molecular flexibility index (Phi) is 4.16. The average molecular weight is 345 g/mol. The second-order valence-corrected chi connectivity index (χ2v) is 7.94. The molecule has 0 N–H and O–H groups in total. The van der Waals surface area contributed by atoms with E-state index in [2.05, 4.69) is 11.9 Å². The molecule has 0 spiro atoms. The molecule has 0 unspecified atom stereocenters. The van der Waals surface area contributed by atoms with E-state index in [1.54, 1.807) is 17.7 Å². The van der Waals surface area contributed by atoms with E-state index >= 15 is 0 Å². The average Bonchev–Trinajstić information content (AvgIpc) is 3.18. The van der Waals surface area contributed by atoms with Crippen molar-refractivity contribution < 1.29 is 4.79 Å². The van der Waals surface area contributed by atoms with Crippen LogP contribution in [0.15, 0.2) is 11.1 Å². The summed E-state index contributed by atoms with van der Waals surface area (Å²) in [5.74, 6) is 0.0525. The zero-order chi connectivity index (χ0) is 16.7. The molecule has 0 aromatic carbocycles. The Labute approximate surface area is 145 Å². The molecule has 0 bridgehead atoms. The van der Waals surface area contributed by atoms with Gasteiger partial charge in [0.15, 0.2) is 0 Å². The molecule has 3 heterocycles. The molecule has 0 radical (unpaired) electrons. The molecule has 2 aromatic rings. The van der Waals surface area contributed by atoms with Gasteiger partial charge < -0.3 is 4.90 Å². The zero-order valence-corrected chi connectivity index (χ0v) is 14.9. The van der Waals surface area contributed by atoms with E-state index < -0.39 is 0 Å². The van der Waals surface area contributed by atoms with E-state index in [-0.39, 0.29) is 18.0 Å². The normalized spacial score (nSPS) is 20.5. The zero-order valence-electron chi connectivity index (χ0n) is 14.1. The Hall–Kier alpha value is -1.69. The monoisotopic (exact) mass is 345 g/mol. The number of thiophene rings is 1. The molecule has 5 nitrogen and oxygen atoms in total. The number of carbonyl (C=O) groups is 1. The first-order chi connectivity index (χ1) is 11.7. The highest BCUT2D eigenvalue weighted by Crippen LogP contribution is 2.34. The predicted octanol–water partition coefficient (Wildman–Crippen LogP) is 2.74. The number of likely N-dealkylation sites (tertiary alicyclic amines) is 1. The van der Waals surface area contributed by atoms with Crippen LogP contribution in [0.1, 0.15) is 49.5 Å². The first-order valence-corrected chi connectivity index (χ1v) is 9.80. The fourth-order valence-corrected chi connectivity index (χ4v) is 5.34. The first kappa shape index (κ1) is 15.8. The van der Waals surface area contributed by atoms with E-state index in [1.807, 2.05) is 4.90 Å². The Morgan fingerprint density at radius 1 is 1.33 bits per heavy atom. The van der Waals surface area contributed by atoms with Crippen LogP contribution in [0.25, 0.3) is 10.2 Å². The van der Waals surface area contributed by atoms with Crippen molar-refractivity contribution in [2.45, 2.75) is 64.5 Å². The third-order valence-electron chi connectivity index (χ3n) is 5.42. The third kappa shape index (κ3) is 2.57. The molecule has 24 heavy (non-hydrogen) atoms. The van der Waals surface area contributed by atoms with E-state index in [1.165, 1.54) is 21.4 Å². The van der Waals surface area contributed by atoms with Gasteiger partial charge >= 0.3 is 0 Å². The Morgan fingerprint density at radius 2 is 2.21 bits per heavy atom. The van der Waals surface area contributed by atoms with E-state index in [4.69, 9.17) is 0 Å². The summed E-state index contributed by atoms with van der Waals surface area (Å²) in [7, 11) is 0. The fraction of sp³-hybridized carbons (Fsp3) is 0.611.